The lowest BCUT2D eigenvalue weighted by atomic mass is 10.0. The van der Waals surface area contributed by atoms with Crippen LogP contribution in [0.25, 0.3) is 0 Å². The molecule has 2 rings (SSSR count). The van der Waals surface area contributed by atoms with E-state index in [9.17, 15) is 0 Å². The van der Waals surface area contributed by atoms with E-state index in [2.05, 4.69) is 71.7 Å². The number of likely N-dealkylation sites (N-methyl/N-ethyl adjacent to an activating group) is 1. The summed E-state index contributed by atoms with van der Waals surface area (Å²) < 4.78 is 0. The highest BCUT2D eigenvalue weighted by Gasteiger charge is 2.11. The minimum atomic E-state index is 0.429. The van der Waals surface area contributed by atoms with E-state index < -0.39 is 0 Å². The maximum atomic E-state index is 4.77. The summed E-state index contributed by atoms with van der Waals surface area (Å²) in [6.45, 7) is 12.8. The molecule has 5 nitrogen and oxygen atoms in total. The highest BCUT2D eigenvalue weighted by Crippen LogP contribution is 2.14. The van der Waals surface area contributed by atoms with Gasteiger partial charge in [0.05, 0.1) is 0 Å². The van der Waals surface area contributed by atoms with Crippen LogP contribution in [0, 0.1) is 0 Å². The van der Waals surface area contributed by atoms with Crippen molar-refractivity contribution in [2.24, 2.45) is 4.99 Å². The van der Waals surface area contributed by atoms with Crippen LogP contribution in [0.2, 0.25) is 0 Å². The Hall–Kier alpha value is -1.59. The van der Waals surface area contributed by atoms with Crippen LogP contribution in [0.5, 0.6) is 0 Å². The zero-order chi connectivity index (χ0) is 17.9. The van der Waals surface area contributed by atoms with Gasteiger partial charge in [0.2, 0.25) is 0 Å². The van der Waals surface area contributed by atoms with E-state index in [1.165, 1.54) is 31.6 Å². The molecule has 0 radical (unpaired) electrons. The molecule has 5 heteroatoms. The van der Waals surface area contributed by atoms with Gasteiger partial charge in [0.1, 0.15) is 0 Å². The Morgan fingerprint density at radius 2 is 1.92 bits per heavy atom. The fraction of sp³-hybridized carbons (Fsp3) is 0.650. The van der Waals surface area contributed by atoms with Crippen LogP contribution in [-0.4, -0.2) is 75.2 Å². The second-order valence-corrected chi connectivity index (χ2v) is 6.96. The van der Waals surface area contributed by atoms with E-state index in [1.54, 1.807) is 0 Å². The minimum Gasteiger partial charge on any atom is -0.357 e. The zero-order valence-electron chi connectivity index (χ0n) is 16.2. The Labute approximate surface area is 153 Å². The van der Waals surface area contributed by atoms with Crippen molar-refractivity contribution in [2.45, 2.75) is 26.2 Å². The van der Waals surface area contributed by atoms with Gasteiger partial charge in [0.25, 0.3) is 0 Å². The van der Waals surface area contributed by atoms with Crippen molar-refractivity contribution in [2.75, 3.05) is 59.4 Å². The van der Waals surface area contributed by atoms with Crippen LogP contribution in [0.3, 0.4) is 0 Å². The molecule has 1 atom stereocenters. The van der Waals surface area contributed by atoms with Crippen molar-refractivity contribution in [1.29, 1.82) is 0 Å². The third kappa shape index (κ3) is 7.45. The third-order valence-electron chi connectivity index (χ3n) is 4.77. The van der Waals surface area contributed by atoms with E-state index in [0.29, 0.717) is 5.92 Å². The SMILES string of the molecule is CCNC(=NCC(C)c1ccccc1)NCCN1CCCN(C)CC1. The molecule has 1 aliphatic heterocycles. The average molecular weight is 346 g/mol. The predicted octanol–water partition coefficient (Wildman–Crippen LogP) is 1.98. The number of hydrogen-bond acceptors (Lipinski definition) is 3. The lowest BCUT2D eigenvalue weighted by Crippen LogP contribution is -2.42. The second-order valence-electron chi connectivity index (χ2n) is 6.96. The molecule has 1 fully saturated rings. The first-order valence-corrected chi connectivity index (χ1v) is 9.67. The molecule has 1 heterocycles. The fourth-order valence-electron chi connectivity index (χ4n) is 3.11. The van der Waals surface area contributed by atoms with Crippen molar-refractivity contribution >= 4 is 5.96 Å². The van der Waals surface area contributed by atoms with Crippen LogP contribution in [0.1, 0.15) is 31.7 Å². The summed E-state index contributed by atoms with van der Waals surface area (Å²) in [6, 6.07) is 10.6. The summed E-state index contributed by atoms with van der Waals surface area (Å²) in [5.74, 6) is 1.36. The molecule has 0 bridgehead atoms. The van der Waals surface area contributed by atoms with Crippen molar-refractivity contribution in [3.05, 3.63) is 35.9 Å². The van der Waals surface area contributed by atoms with Crippen LogP contribution < -0.4 is 10.6 Å². The monoisotopic (exact) mass is 345 g/mol. The maximum Gasteiger partial charge on any atom is 0.191 e. The van der Waals surface area contributed by atoms with Crippen LogP contribution in [-0.2, 0) is 0 Å². The summed E-state index contributed by atoms with van der Waals surface area (Å²) in [5, 5.41) is 6.85. The van der Waals surface area contributed by atoms with Gasteiger partial charge >= 0.3 is 0 Å². The third-order valence-corrected chi connectivity index (χ3v) is 4.77. The van der Waals surface area contributed by atoms with Gasteiger partial charge in [-0.2, -0.15) is 0 Å². The molecule has 0 aromatic heterocycles. The van der Waals surface area contributed by atoms with Crippen LogP contribution in [0.15, 0.2) is 35.3 Å². The van der Waals surface area contributed by atoms with Gasteiger partial charge in [-0.25, -0.2) is 0 Å². The number of rotatable bonds is 7. The smallest absolute Gasteiger partial charge is 0.191 e. The number of nitrogens with one attached hydrogen (secondary N) is 2. The first-order valence-electron chi connectivity index (χ1n) is 9.67. The molecular weight excluding hydrogens is 310 g/mol. The summed E-state index contributed by atoms with van der Waals surface area (Å²) in [4.78, 5) is 9.74. The highest BCUT2D eigenvalue weighted by molar-refractivity contribution is 5.79. The summed E-state index contributed by atoms with van der Waals surface area (Å²) in [5.41, 5.74) is 1.34. The van der Waals surface area contributed by atoms with Gasteiger partial charge < -0.3 is 20.4 Å². The number of aliphatic imine (C=N–C) groups is 1. The van der Waals surface area contributed by atoms with E-state index in [4.69, 9.17) is 4.99 Å². The number of hydrogen-bond donors (Lipinski definition) is 2. The van der Waals surface area contributed by atoms with E-state index in [0.717, 1.165) is 38.7 Å². The number of benzene rings is 1. The van der Waals surface area contributed by atoms with Gasteiger partial charge in [0, 0.05) is 45.2 Å². The van der Waals surface area contributed by atoms with Gasteiger partial charge in [-0.05, 0) is 39.0 Å². The molecule has 1 unspecified atom stereocenters. The number of nitrogens with zero attached hydrogens (tertiary/aromatic N) is 3. The molecule has 1 aromatic carbocycles. The first kappa shape index (κ1) is 19.7. The summed E-state index contributed by atoms with van der Waals surface area (Å²) >= 11 is 0. The summed E-state index contributed by atoms with van der Waals surface area (Å²) in [6.07, 6.45) is 1.26. The Morgan fingerprint density at radius 3 is 2.68 bits per heavy atom. The van der Waals surface area contributed by atoms with Crippen molar-refractivity contribution in [3.63, 3.8) is 0 Å². The van der Waals surface area contributed by atoms with E-state index >= 15 is 0 Å². The molecule has 2 N–H and O–H groups in total. The van der Waals surface area contributed by atoms with Crippen molar-refractivity contribution < 1.29 is 0 Å². The lowest BCUT2D eigenvalue weighted by molar-refractivity contribution is 0.280. The molecular formula is C20H35N5. The van der Waals surface area contributed by atoms with Crippen LogP contribution >= 0.6 is 0 Å². The second kappa shape index (κ2) is 11.1. The fourth-order valence-corrected chi connectivity index (χ4v) is 3.11. The van der Waals surface area contributed by atoms with E-state index in [-0.39, 0.29) is 0 Å². The molecule has 1 aliphatic rings. The normalized spacial score (nSPS) is 18.6. The topological polar surface area (TPSA) is 42.9 Å². The quantitative estimate of drug-likeness (QED) is 0.586. The number of guanidine groups is 1. The Bertz CT molecular complexity index is 502. The predicted molar refractivity (Wildman–Crippen MR) is 107 cm³/mol. The first-order chi connectivity index (χ1) is 12.2. The van der Waals surface area contributed by atoms with Crippen LogP contribution in [0.4, 0.5) is 0 Å². The molecule has 0 spiro atoms. The lowest BCUT2D eigenvalue weighted by Gasteiger charge is -2.21. The Kier molecular flexibility index (Phi) is 8.77. The summed E-state index contributed by atoms with van der Waals surface area (Å²) in [7, 11) is 2.21. The minimum absolute atomic E-state index is 0.429. The van der Waals surface area contributed by atoms with Gasteiger partial charge in [-0.15, -0.1) is 0 Å². The van der Waals surface area contributed by atoms with Gasteiger partial charge in [-0.1, -0.05) is 37.3 Å². The molecule has 0 aliphatic carbocycles. The largest absolute Gasteiger partial charge is 0.357 e. The molecule has 0 saturated carbocycles. The molecule has 0 amide bonds. The van der Waals surface area contributed by atoms with E-state index in [1.807, 2.05) is 0 Å². The molecule has 1 saturated heterocycles. The van der Waals surface area contributed by atoms with Gasteiger partial charge in [-0.3, -0.25) is 4.99 Å². The van der Waals surface area contributed by atoms with Crippen molar-refractivity contribution in [1.82, 2.24) is 20.4 Å². The Morgan fingerprint density at radius 1 is 1.12 bits per heavy atom. The molecule has 1 aromatic rings. The molecule has 140 valence electrons. The maximum absolute atomic E-state index is 4.77. The van der Waals surface area contributed by atoms with Gasteiger partial charge in [0.15, 0.2) is 5.96 Å². The molecule has 25 heavy (non-hydrogen) atoms. The average Bonchev–Trinajstić information content (AvgIpc) is 2.84. The Balaban J connectivity index is 1.77. The highest BCUT2D eigenvalue weighted by atomic mass is 15.2. The van der Waals surface area contributed by atoms with Crippen molar-refractivity contribution in [3.8, 4) is 0 Å². The standard InChI is InChI=1S/C20H35N5/c1-4-21-20(23-17-18(2)19-9-6-5-7-10-19)22-11-14-25-13-8-12-24(3)15-16-25/h5-7,9-10,18H,4,8,11-17H2,1-3H3,(H2,21,22,23). The zero-order valence-corrected chi connectivity index (χ0v) is 16.2.